The first kappa shape index (κ1) is 12.9. The van der Waals surface area contributed by atoms with E-state index in [-0.39, 0.29) is 5.56 Å². The van der Waals surface area contributed by atoms with Gasteiger partial charge in [-0.15, -0.1) is 11.8 Å². The number of carboxylic acid groups (broad SMARTS) is 1. The largest absolute Gasteiger partial charge is 0.478 e. The number of carbonyl (C=O) groups is 1. The lowest BCUT2D eigenvalue weighted by Crippen LogP contribution is -1.94. The zero-order chi connectivity index (χ0) is 13.0. The fourth-order valence-corrected chi connectivity index (χ4v) is 2.15. The Morgan fingerprint density at radius 1 is 1.22 bits per heavy atom. The second-order valence-corrected chi connectivity index (χ2v) is 4.88. The maximum atomic E-state index is 10.7. The molecule has 0 aliphatic rings. The van der Waals surface area contributed by atoms with Crippen LogP contribution in [0.25, 0.3) is 0 Å². The first-order chi connectivity index (χ1) is 8.65. The molecule has 2 rings (SSSR count). The SMILES string of the molecule is O=C(O)c1ccc(SCc2cnc(Cl)cn2)cc1. The molecule has 1 N–H and O–H groups in total. The molecule has 92 valence electrons. The Hall–Kier alpha value is -1.59. The van der Waals surface area contributed by atoms with Gasteiger partial charge in [-0.2, -0.15) is 0 Å². The molecule has 1 heterocycles. The predicted octanol–water partition coefficient (Wildman–Crippen LogP) is 3.12. The van der Waals surface area contributed by atoms with Gasteiger partial charge in [0, 0.05) is 10.6 Å². The van der Waals surface area contributed by atoms with Crippen molar-refractivity contribution in [1.82, 2.24) is 9.97 Å². The highest BCUT2D eigenvalue weighted by atomic mass is 35.5. The highest BCUT2D eigenvalue weighted by Gasteiger charge is 2.03. The molecule has 0 bridgehead atoms. The fraction of sp³-hybridized carbons (Fsp3) is 0.0833. The quantitative estimate of drug-likeness (QED) is 0.872. The van der Waals surface area contributed by atoms with Gasteiger partial charge in [0.1, 0.15) is 5.15 Å². The molecule has 1 aromatic carbocycles. The third-order valence-corrected chi connectivity index (χ3v) is 3.40. The van der Waals surface area contributed by atoms with Gasteiger partial charge in [-0.3, -0.25) is 4.98 Å². The molecule has 0 saturated carbocycles. The summed E-state index contributed by atoms with van der Waals surface area (Å²) in [6.45, 7) is 0. The highest BCUT2D eigenvalue weighted by Crippen LogP contribution is 2.22. The Balaban J connectivity index is 1.97. The van der Waals surface area contributed by atoms with Crippen molar-refractivity contribution < 1.29 is 9.90 Å². The van der Waals surface area contributed by atoms with E-state index in [9.17, 15) is 4.79 Å². The van der Waals surface area contributed by atoms with E-state index >= 15 is 0 Å². The highest BCUT2D eigenvalue weighted by molar-refractivity contribution is 7.98. The number of aromatic nitrogens is 2. The number of benzene rings is 1. The second kappa shape index (κ2) is 5.84. The first-order valence-electron chi connectivity index (χ1n) is 5.08. The minimum Gasteiger partial charge on any atom is -0.478 e. The van der Waals surface area contributed by atoms with Crippen LogP contribution >= 0.6 is 23.4 Å². The van der Waals surface area contributed by atoms with Gasteiger partial charge in [-0.05, 0) is 24.3 Å². The molecule has 0 aliphatic carbocycles. The molecule has 0 aliphatic heterocycles. The van der Waals surface area contributed by atoms with Crippen molar-refractivity contribution in [2.24, 2.45) is 0 Å². The molecule has 0 radical (unpaired) electrons. The number of hydrogen-bond acceptors (Lipinski definition) is 4. The Kier molecular flexibility index (Phi) is 4.17. The van der Waals surface area contributed by atoms with Crippen molar-refractivity contribution in [3.63, 3.8) is 0 Å². The van der Waals surface area contributed by atoms with Crippen LogP contribution in [-0.2, 0) is 5.75 Å². The lowest BCUT2D eigenvalue weighted by atomic mass is 10.2. The van der Waals surface area contributed by atoms with Crippen LogP contribution in [0.2, 0.25) is 5.15 Å². The zero-order valence-corrected chi connectivity index (χ0v) is 10.8. The predicted molar refractivity (Wildman–Crippen MR) is 70.0 cm³/mol. The van der Waals surface area contributed by atoms with Gasteiger partial charge in [0.05, 0.1) is 23.7 Å². The zero-order valence-electron chi connectivity index (χ0n) is 9.21. The summed E-state index contributed by atoms with van der Waals surface area (Å²) < 4.78 is 0. The molecule has 2 aromatic rings. The Morgan fingerprint density at radius 3 is 2.50 bits per heavy atom. The Morgan fingerprint density at radius 2 is 1.94 bits per heavy atom. The molecule has 0 spiro atoms. The van der Waals surface area contributed by atoms with Gasteiger partial charge in [0.25, 0.3) is 0 Å². The van der Waals surface area contributed by atoms with Crippen LogP contribution in [-0.4, -0.2) is 21.0 Å². The molecule has 0 fully saturated rings. The standard InChI is InChI=1S/C12H9ClN2O2S/c13-11-6-14-9(5-15-11)7-18-10-3-1-8(2-4-10)12(16)17/h1-6H,7H2,(H,16,17). The summed E-state index contributed by atoms with van der Waals surface area (Å²) in [6.07, 6.45) is 3.13. The maximum absolute atomic E-state index is 10.7. The smallest absolute Gasteiger partial charge is 0.335 e. The van der Waals surface area contributed by atoms with Gasteiger partial charge in [-0.25, -0.2) is 9.78 Å². The monoisotopic (exact) mass is 280 g/mol. The van der Waals surface area contributed by atoms with Gasteiger partial charge >= 0.3 is 5.97 Å². The van der Waals surface area contributed by atoms with Crippen molar-refractivity contribution >= 4 is 29.3 Å². The lowest BCUT2D eigenvalue weighted by molar-refractivity contribution is 0.0697. The van der Waals surface area contributed by atoms with E-state index < -0.39 is 5.97 Å². The van der Waals surface area contributed by atoms with E-state index in [4.69, 9.17) is 16.7 Å². The van der Waals surface area contributed by atoms with Crippen LogP contribution in [0.5, 0.6) is 0 Å². The summed E-state index contributed by atoms with van der Waals surface area (Å²) in [7, 11) is 0. The van der Waals surface area contributed by atoms with Crippen LogP contribution in [0.3, 0.4) is 0 Å². The second-order valence-electron chi connectivity index (χ2n) is 3.45. The molecule has 0 unspecified atom stereocenters. The number of hydrogen-bond donors (Lipinski definition) is 1. The van der Waals surface area contributed by atoms with Crippen molar-refractivity contribution in [2.75, 3.05) is 0 Å². The Bertz CT molecular complexity index is 543. The number of carboxylic acids is 1. The molecular formula is C12H9ClN2O2S. The van der Waals surface area contributed by atoms with E-state index in [1.54, 1.807) is 42.2 Å². The number of thioether (sulfide) groups is 1. The first-order valence-corrected chi connectivity index (χ1v) is 6.44. The summed E-state index contributed by atoms with van der Waals surface area (Å²) in [5.41, 5.74) is 1.11. The number of halogens is 1. The summed E-state index contributed by atoms with van der Waals surface area (Å²) >= 11 is 7.20. The minimum atomic E-state index is -0.921. The summed E-state index contributed by atoms with van der Waals surface area (Å²) in [5, 5.41) is 9.14. The van der Waals surface area contributed by atoms with Gasteiger partial charge in [0.15, 0.2) is 0 Å². The van der Waals surface area contributed by atoms with Crippen molar-refractivity contribution in [1.29, 1.82) is 0 Å². The molecule has 6 heteroatoms. The topological polar surface area (TPSA) is 63.1 Å². The van der Waals surface area contributed by atoms with E-state index in [0.717, 1.165) is 10.6 Å². The summed E-state index contributed by atoms with van der Waals surface area (Å²) in [6, 6.07) is 6.71. The molecule has 1 aromatic heterocycles. The van der Waals surface area contributed by atoms with Crippen LogP contribution in [0.4, 0.5) is 0 Å². The number of rotatable bonds is 4. The third-order valence-electron chi connectivity index (χ3n) is 2.16. The number of aromatic carboxylic acids is 1. The summed E-state index contributed by atoms with van der Waals surface area (Å²) in [4.78, 5) is 19.7. The van der Waals surface area contributed by atoms with Crippen molar-refractivity contribution in [3.8, 4) is 0 Å². The van der Waals surface area contributed by atoms with Crippen molar-refractivity contribution in [2.45, 2.75) is 10.6 Å². The average Bonchev–Trinajstić information content (AvgIpc) is 2.38. The third kappa shape index (κ3) is 3.45. The van der Waals surface area contributed by atoms with E-state index in [1.807, 2.05) is 0 Å². The minimum absolute atomic E-state index is 0.283. The van der Waals surface area contributed by atoms with Gasteiger partial charge < -0.3 is 5.11 Å². The Labute approximate surface area is 113 Å². The van der Waals surface area contributed by atoms with E-state index in [0.29, 0.717) is 10.9 Å². The molecule has 0 atom stereocenters. The molecule has 0 amide bonds. The van der Waals surface area contributed by atoms with Crippen LogP contribution < -0.4 is 0 Å². The molecular weight excluding hydrogens is 272 g/mol. The van der Waals surface area contributed by atoms with Crippen LogP contribution in [0, 0.1) is 0 Å². The maximum Gasteiger partial charge on any atom is 0.335 e. The normalized spacial score (nSPS) is 10.3. The summed E-state index contributed by atoms with van der Waals surface area (Å²) in [5.74, 6) is -0.258. The van der Waals surface area contributed by atoms with E-state index in [1.165, 1.54) is 6.20 Å². The lowest BCUT2D eigenvalue weighted by Gasteiger charge is -2.01. The average molecular weight is 281 g/mol. The molecule has 18 heavy (non-hydrogen) atoms. The van der Waals surface area contributed by atoms with E-state index in [2.05, 4.69) is 9.97 Å². The molecule has 0 saturated heterocycles. The number of nitrogens with zero attached hydrogens (tertiary/aromatic N) is 2. The molecule has 4 nitrogen and oxygen atoms in total. The van der Waals surface area contributed by atoms with Crippen LogP contribution in [0.1, 0.15) is 16.1 Å². The fourth-order valence-electron chi connectivity index (χ4n) is 1.26. The van der Waals surface area contributed by atoms with Gasteiger partial charge in [-0.1, -0.05) is 11.6 Å². The van der Waals surface area contributed by atoms with Crippen molar-refractivity contribution in [3.05, 3.63) is 53.1 Å². The van der Waals surface area contributed by atoms with Crippen LogP contribution in [0.15, 0.2) is 41.6 Å². The van der Waals surface area contributed by atoms with Gasteiger partial charge in [0.2, 0.25) is 0 Å².